The third kappa shape index (κ3) is 3.99. The first kappa shape index (κ1) is 18.7. The smallest absolute Gasteiger partial charge is 0.223 e. The van der Waals surface area contributed by atoms with Crippen molar-refractivity contribution < 1.29 is 14.0 Å². The molecule has 1 aliphatic heterocycles. The minimum absolute atomic E-state index is 0.0980. The number of carbonyl (C=O) groups is 2. The number of fused-ring (bicyclic) bond motifs is 1. The third-order valence-electron chi connectivity index (χ3n) is 5.11. The number of carbonyl (C=O) groups excluding carboxylic acids is 2. The highest BCUT2D eigenvalue weighted by molar-refractivity contribution is 5.82. The van der Waals surface area contributed by atoms with Crippen LogP contribution < -0.4 is 5.32 Å². The molecule has 146 valence electrons. The molecule has 0 saturated heterocycles. The lowest BCUT2D eigenvalue weighted by Gasteiger charge is -2.32. The number of furan rings is 1. The summed E-state index contributed by atoms with van der Waals surface area (Å²) in [5, 5.41) is 3.08. The Hall–Kier alpha value is -3.60. The first-order valence-electron chi connectivity index (χ1n) is 9.57. The van der Waals surface area contributed by atoms with Crippen molar-refractivity contribution in [3.63, 3.8) is 0 Å². The molecule has 5 heteroatoms. The summed E-state index contributed by atoms with van der Waals surface area (Å²) in [7, 11) is 0. The average molecular weight is 386 g/mol. The van der Waals surface area contributed by atoms with E-state index in [-0.39, 0.29) is 30.3 Å². The molecule has 2 aromatic carbocycles. The van der Waals surface area contributed by atoms with Gasteiger partial charge in [-0.15, -0.1) is 0 Å². The normalized spacial score (nSPS) is 16.2. The lowest BCUT2D eigenvalue weighted by atomic mass is 9.93. The average Bonchev–Trinajstić information content (AvgIpc) is 3.27. The molecule has 4 rings (SSSR count). The van der Waals surface area contributed by atoms with E-state index in [1.807, 2.05) is 66.7 Å². The van der Waals surface area contributed by atoms with E-state index in [0.717, 1.165) is 16.7 Å². The molecular formula is C24H22N2O3. The molecule has 1 aromatic heterocycles. The van der Waals surface area contributed by atoms with Gasteiger partial charge in [0.15, 0.2) is 0 Å². The zero-order valence-electron chi connectivity index (χ0n) is 16.1. The van der Waals surface area contributed by atoms with Gasteiger partial charge in [-0.05, 0) is 34.9 Å². The van der Waals surface area contributed by atoms with E-state index in [0.29, 0.717) is 5.76 Å². The summed E-state index contributed by atoms with van der Waals surface area (Å²) in [4.78, 5) is 26.8. The van der Waals surface area contributed by atoms with Crippen LogP contribution in [0.5, 0.6) is 0 Å². The van der Waals surface area contributed by atoms with Gasteiger partial charge in [-0.3, -0.25) is 9.59 Å². The van der Waals surface area contributed by atoms with Gasteiger partial charge < -0.3 is 14.6 Å². The number of nitrogens with zero attached hydrogens (tertiary/aromatic N) is 1. The highest BCUT2D eigenvalue weighted by Crippen LogP contribution is 2.33. The number of hydrogen-bond donors (Lipinski definition) is 1. The summed E-state index contributed by atoms with van der Waals surface area (Å²) in [6.07, 6.45) is 5.41. The first-order valence-corrected chi connectivity index (χ1v) is 9.57. The zero-order valence-corrected chi connectivity index (χ0v) is 16.1. The maximum absolute atomic E-state index is 13.1. The van der Waals surface area contributed by atoms with Crippen LogP contribution in [-0.2, 0) is 9.59 Å². The second-order valence-corrected chi connectivity index (χ2v) is 7.02. The molecular weight excluding hydrogens is 364 g/mol. The van der Waals surface area contributed by atoms with Crippen LogP contribution >= 0.6 is 0 Å². The summed E-state index contributed by atoms with van der Waals surface area (Å²) in [6, 6.07) is 20.4. The van der Waals surface area contributed by atoms with Crippen LogP contribution in [0.4, 0.5) is 0 Å². The molecule has 0 fully saturated rings. The molecule has 5 nitrogen and oxygen atoms in total. The van der Waals surface area contributed by atoms with Crippen molar-refractivity contribution in [2.45, 2.75) is 25.4 Å². The monoisotopic (exact) mass is 386 g/mol. The minimum Gasteiger partial charge on any atom is -0.467 e. The van der Waals surface area contributed by atoms with Gasteiger partial charge in [0.1, 0.15) is 11.8 Å². The molecule has 0 bridgehead atoms. The van der Waals surface area contributed by atoms with Crippen LogP contribution in [0, 0.1) is 0 Å². The maximum Gasteiger partial charge on any atom is 0.223 e. The Kier molecular flexibility index (Phi) is 5.29. The lowest BCUT2D eigenvalue weighted by molar-refractivity contribution is -0.130. The molecule has 2 amide bonds. The van der Waals surface area contributed by atoms with Crippen molar-refractivity contribution in [1.29, 1.82) is 0 Å². The van der Waals surface area contributed by atoms with E-state index < -0.39 is 0 Å². The maximum atomic E-state index is 13.1. The van der Waals surface area contributed by atoms with Gasteiger partial charge in [0.25, 0.3) is 0 Å². The zero-order chi connectivity index (χ0) is 20.2. The van der Waals surface area contributed by atoms with Gasteiger partial charge in [0.2, 0.25) is 11.8 Å². The molecule has 2 unspecified atom stereocenters. The Morgan fingerprint density at radius 2 is 1.79 bits per heavy atom. The van der Waals surface area contributed by atoms with E-state index >= 15 is 0 Å². The highest BCUT2D eigenvalue weighted by atomic mass is 16.3. The molecule has 29 heavy (non-hydrogen) atoms. The van der Waals surface area contributed by atoms with Gasteiger partial charge >= 0.3 is 0 Å². The fraction of sp³-hybridized carbons (Fsp3) is 0.167. The fourth-order valence-corrected chi connectivity index (χ4v) is 3.73. The second kappa shape index (κ2) is 8.19. The standard InChI is InChI=1S/C24H22N2O3/c1-17(27)26-14-13-18-8-5-6-11-20(18)21(26)16-23(28)25-24(22-12-7-15-29-22)19-9-3-2-4-10-19/h2-15,21,24H,16H2,1H3,(H,25,28). The SMILES string of the molecule is CC(=O)N1C=Cc2ccccc2C1CC(=O)NC(c1ccccc1)c1ccco1. The summed E-state index contributed by atoms with van der Waals surface area (Å²) >= 11 is 0. The molecule has 0 spiro atoms. The second-order valence-electron chi connectivity index (χ2n) is 7.02. The van der Waals surface area contributed by atoms with E-state index in [1.54, 1.807) is 23.4 Å². The van der Waals surface area contributed by atoms with Crippen molar-refractivity contribution >= 4 is 17.9 Å². The van der Waals surface area contributed by atoms with Gasteiger partial charge in [-0.25, -0.2) is 0 Å². The van der Waals surface area contributed by atoms with Gasteiger partial charge in [0.05, 0.1) is 18.7 Å². The Balaban J connectivity index is 1.59. The van der Waals surface area contributed by atoms with E-state index in [1.165, 1.54) is 6.92 Å². The molecule has 0 saturated carbocycles. The predicted molar refractivity (Wildman–Crippen MR) is 110 cm³/mol. The van der Waals surface area contributed by atoms with Gasteiger partial charge in [0, 0.05) is 13.1 Å². The molecule has 2 heterocycles. The molecule has 1 aliphatic rings. The summed E-state index contributed by atoms with van der Waals surface area (Å²) < 4.78 is 5.57. The van der Waals surface area contributed by atoms with Crippen molar-refractivity contribution in [2.75, 3.05) is 0 Å². The lowest BCUT2D eigenvalue weighted by Crippen LogP contribution is -2.36. The number of nitrogens with one attached hydrogen (secondary N) is 1. The quantitative estimate of drug-likeness (QED) is 0.705. The van der Waals surface area contributed by atoms with Crippen LogP contribution in [0.15, 0.2) is 83.6 Å². The topological polar surface area (TPSA) is 62.6 Å². The predicted octanol–water partition coefficient (Wildman–Crippen LogP) is 4.45. The number of benzene rings is 2. The summed E-state index contributed by atoms with van der Waals surface area (Å²) in [5.74, 6) is 0.410. The van der Waals surface area contributed by atoms with E-state index in [2.05, 4.69) is 5.32 Å². The van der Waals surface area contributed by atoms with Crippen molar-refractivity contribution in [3.05, 3.63) is 102 Å². The van der Waals surface area contributed by atoms with Crippen LogP contribution in [0.25, 0.3) is 6.08 Å². The Labute approximate surface area is 169 Å². The van der Waals surface area contributed by atoms with E-state index in [4.69, 9.17) is 4.42 Å². The molecule has 2 atom stereocenters. The summed E-state index contributed by atoms with van der Waals surface area (Å²) in [6.45, 7) is 1.51. The van der Waals surface area contributed by atoms with Crippen LogP contribution in [-0.4, -0.2) is 16.7 Å². The summed E-state index contributed by atoms with van der Waals surface area (Å²) in [5.41, 5.74) is 2.92. The molecule has 0 aliphatic carbocycles. The van der Waals surface area contributed by atoms with Crippen LogP contribution in [0.3, 0.4) is 0 Å². The minimum atomic E-state index is -0.390. The highest BCUT2D eigenvalue weighted by Gasteiger charge is 2.29. The number of amides is 2. The van der Waals surface area contributed by atoms with Gasteiger partial charge in [-0.2, -0.15) is 0 Å². The number of hydrogen-bond acceptors (Lipinski definition) is 3. The first-order chi connectivity index (χ1) is 14.1. The van der Waals surface area contributed by atoms with Crippen molar-refractivity contribution in [1.82, 2.24) is 10.2 Å². The third-order valence-corrected chi connectivity index (χ3v) is 5.11. The Morgan fingerprint density at radius 1 is 1.03 bits per heavy atom. The number of rotatable bonds is 5. The fourth-order valence-electron chi connectivity index (χ4n) is 3.73. The van der Waals surface area contributed by atoms with Crippen LogP contribution in [0.1, 0.15) is 47.9 Å². The van der Waals surface area contributed by atoms with Gasteiger partial charge in [-0.1, -0.05) is 54.6 Å². The van der Waals surface area contributed by atoms with Crippen LogP contribution in [0.2, 0.25) is 0 Å². The Morgan fingerprint density at radius 3 is 2.52 bits per heavy atom. The van der Waals surface area contributed by atoms with Crippen molar-refractivity contribution in [2.24, 2.45) is 0 Å². The van der Waals surface area contributed by atoms with Crippen molar-refractivity contribution in [3.8, 4) is 0 Å². The Bertz CT molecular complexity index is 1030. The van der Waals surface area contributed by atoms with E-state index in [9.17, 15) is 9.59 Å². The molecule has 1 N–H and O–H groups in total. The largest absolute Gasteiger partial charge is 0.467 e. The molecule has 3 aromatic rings. The molecule has 0 radical (unpaired) electrons.